The molecule has 0 bridgehead atoms. The van der Waals surface area contributed by atoms with Crippen LogP contribution in [0.2, 0.25) is 0 Å². The van der Waals surface area contributed by atoms with Gasteiger partial charge in [0.15, 0.2) is 0 Å². The third-order valence-corrected chi connectivity index (χ3v) is 2.98. The first-order chi connectivity index (χ1) is 7.40. The molecule has 0 aromatic carbocycles. The summed E-state index contributed by atoms with van der Waals surface area (Å²) in [5.74, 6) is -0.0462. The van der Waals surface area contributed by atoms with Gasteiger partial charge in [-0.3, -0.25) is 4.79 Å². The standard InChI is InChI=1S/C11H19N3O2/c1-5-11(4,10(15)16)6-9-12-7-13-14(9)8(2)3/h7-8H,5-6H2,1-4H3,(H,15,16). The molecule has 0 aliphatic carbocycles. The van der Waals surface area contributed by atoms with Crippen molar-refractivity contribution in [3.05, 3.63) is 12.2 Å². The number of carbonyl (C=O) groups is 1. The van der Waals surface area contributed by atoms with E-state index in [1.807, 2.05) is 20.8 Å². The van der Waals surface area contributed by atoms with E-state index in [1.165, 1.54) is 6.33 Å². The Bertz CT molecular complexity index is 373. The quantitative estimate of drug-likeness (QED) is 0.831. The fraction of sp³-hybridized carbons (Fsp3) is 0.727. The summed E-state index contributed by atoms with van der Waals surface area (Å²) in [6.07, 6.45) is 2.47. The molecule has 0 aliphatic rings. The van der Waals surface area contributed by atoms with E-state index >= 15 is 0 Å². The van der Waals surface area contributed by atoms with Gasteiger partial charge in [-0.1, -0.05) is 6.92 Å². The maximum Gasteiger partial charge on any atom is 0.309 e. The topological polar surface area (TPSA) is 68.0 Å². The Morgan fingerprint density at radius 1 is 1.62 bits per heavy atom. The SMILES string of the molecule is CCC(C)(Cc1ncnn1C(C)C)C(=O)O. The third kappa shape index (κ3) is 2.40. The number of hydrogen-bond donors (Lipinski definition) is 1. The number of hydrogen-bond acceptors (Lipinski definition) is 3. The minimum Gasteiger partial charge on any atom is -0.481 e. The average molecular weight is 225 g/mol. The molecule has 0 saturated heterocycles. The predicted molar refractivity (Wildman–Crippen MR) is 60.1 cm³/mol. The molecular weight excluding hydrogens is 206 g/mol. The molecule has 0 fully saturated rings. The summed E-state index contributed by atoms with van der Waals surface area (Å²) < 4.78 is 1.77. The van der Waals surface area contributed by atoms with Gasteiger partial charge in [0.05, 0.1) is 5.41 Å². The van der Waals surface area contributed by atoms with Crippen LogP contribution in [0.15, 0.2) is 6.33 Å². The van der Waals surface area contributed by atoms with Crippen molar-refractivity contribution in [1.29, 1.82) is 0 Å². The Morgan fingerprint density at radius 2 is 2.25 bits per heavy atom. The van der Waals surface area contributed by atoms with Crippen molar-refractivity contribution in [3.63, 3.8) is 0 Å². The second-order valence-electron chi connectivity index (χ2n) is 4.61. The minimum atomic E-state index is -0.784. The van der Waals surface area contributed by atoms with Crippen molar-refractivity contribution in [1.82, 2.24) is 14.8 Å². The highest BCUT2D eigenvalue weighted by atomic mass is 16.4. The predicted octanol–water partition coefficient (Wildman–Crippen LogP) is 1.90. The number of carboxylic acids is 1. The van der Waals surface area contributed by atoms with Crippen LogP contribution in [-0.2, 0) is 11.2 Å². The highest BCUT2D eigenvalue weighted by Gasteiger charge is 2.33. The van der Waals surface area contributed by atoms with Crippen LogP contribution in [0.4, 0.5) is 0 Å². The second-order valence-corrected chi connectivity index (χ2v) is 4.61. The molecule has 0 aliphatic heterocycles. The van der Waals surface area contributed by atoms with Gasteiger partial charge < -0.3 is 5.11 Å². The van der Waals surface area contributed by atoms with Crippen LogP contribution < -0.4 is 0 Å². The van der Waals surface area contributed by atoms with Gasteiger partial charge in [0.25, 0.3) is 0 Å². The molecule has 1 aromatic heterocycles. The number of carboxylic acid groups (broad SMARTS) is 1. The zero-order chi connectivity index (χ0) is 12.3. The van der Waals surface area contributed by atoms with Crippen LogP contribution in [0.25, 0.3) is 0 Å². The Balaban J connectivity index is 2.95. The third-order valence-electron chi connectivity index (χ3n) is 2.98. The van der Waals surface area contributed by atoms with Crippen molar-refractivity contribution >= 4 is 5.97 Å². The average Bonchev–Trinajstić information content (AvgIpc) is 2.65. The van der Waals surface area contributed by atoms with Gasteiger partial charge in [0.2, 0.25) is 0 Å². The van der Waals surface area contributed by atoms with Crippen LogP contribution >= 0.6 is 0 Å². The lowest BCUT2D eigenvalue weighted by molar-refractivity contribution is -0.148. The van der Waals surface area contributed by atoms with E-state index in [4.69, 9.17) is 0 Å². The van der Waals surface area contributed by atoms with Crippen LogP contribution in [0.5, 0.6) is 0 Å². The van der Waals surface area contributed by atoms with E-state index in [1.54, 1.807) is 11.6 Å². The summed E-state index contributed by atoms with van der Waals surface area (Å²) in [6.45, 7) is 7.63. The second kappa shape index (κ2) is 4.63. The number of aliphatic carboxylic acids is 1. The maximum absolute atomic E-state index is 11.2. The number of nitrogens with zero attached hydrogens (tertiary/aromatic N) is 3. The molecule has 5 heteroatoms. The molecule has 0 saturated carbocycles. The van der Waals surface area contributed by atoms with Crippen LogP contribution in [-0.4, -0.2) is 25.8 Å². The molecule has 1 atom stereocenters. The molecular formula is C11H19N3O2. The molecule has 90 valence electrons. The first-order valence-corrected chi connectivity index (χ1v) is 5.52. The lowest BCUT2D eigenvalue weighted by Crippen LogP contribution is -2.30. The molecule has 16 heavy (non-hydrogen) atoms. The molecule has 1 aromatic rings. The van der Waals surface area contributed by atoms with Gasteiger partial charge in [-0.2, -0.15) is 5.10 Å². The Kier molecular flexibility index (Phi) is 3.67. The van der Waals surface area contributed by atoms with Gasteiger partial charge in [-0.05, 0) is 27.2 Å². The lowest BCUT2D eigenvalue weighted by Gasteiger charge is -2.23. The van der Waals surface area contributed by atoms with Gasteiger partial charge in [0.1, 0.15) is 12.2 Å². The summed E-state index contributed by atoms with van der Waals surface area (Å²) in [5, 5.41) is 13.3. The highest BCUT2D eigenvalue weighted by Crippen LogP contribution is 2.26. The summed E-state index contributed by atoms with van der Waals surface area (Å²) in [7, 11) is 0. The molecule has 1 rings (SSSR count). The van der Waals surface area contributed by atoms with Crippen LogP contribution in [0, 0.1) is 5.41 Å². The fourth-order valence-corrected chi connectivity index (χ4v) is 1.53. The minimum absolute atomic E-state index is 0.201. The largest absolute Gasteiger partial charge is 0.481 e. The summed E-state index contributed by atoms with van der Waals surface area (Å²) in [5.41, 5.74) is -0.764. The first-order valence-electron chi connectivity index (χ1n) is 5.52. The molecule has 1 N–H and O–H groups in total. The van der Waals surface area contributed by atoms with Crippen molar-refractivity contribution in [3.8, 4) is 0 Å². The fourth-order valence-electron chi connectivity index (χ4n) is 1.53. The van der Waals surface area contributed by atoms with Crippen molar-refractivity contribution < 1.29 is 9.90 Å². The van der Waals surface area contributed by atoms with E-state index in [0.717, 1.165) is 5.82 Å². The van der Waals surface area contributed by atoms with Crippen molar-refractivity contribution in [2.45, 2.75) is 46.6 Å². The van der Waals surface area contributed by atoms with Crippen molar-refractivity contribution in [2.75, 3.05) is 0 Å². The van der Waals surface area contributed by atoms with Crippen LogP contribution in [0.1, 0.15) is 46.0 Å². The van der Waals surface area contributed by atoms with E-state index in [0.29, 0.717) is 12.8 Å². The summed E-state index contributed by atoms with van der Waals surface area (Å²) >= 11 is 0. The van der Waals surface area contributed by atoms with E-state index in [9.17, 15) is 9.90 Å². The zero-order valence-corrected chi connectivity index (χ0v) is 10.3. The maximum atomic E-state index is 11.2. The Morgan fingerprint density at radius 3 is 2.69 bits per heavy atom. The number of rotatable bonds is 5. The lowest BCUT2D eigenvalue weighted by atomic mass is 9.84. The zero-order valence-electron chi connectivity index (χ0n) is 10.3. The molecule has 0 amide bonds. The van der Waals surface area contributed by atoms with E-state index in [2.05, 4.69) is 10.1 Å². The Hall–Kier alpha value is -1.39. The molecule has 0 spiro atoms. The normalized spacial score (nSPS) is 15.1. The van der Waals surface area contributed by atoms with Gasteiger partial charge in [-0.25, -0.2) is 9.67 Å². The van der Waals surface area contributed by atoms with Crippen LogP contribution in [0.3, 0.4) is 0 Å². The van der Waals surface area contributed by atoms with Gasteiger partial charge >= 0.3 is 5.97 Å². The van der Waals surface area contributed by atoms with E-state index in [-0.39, 0.29) is 6.04 Å². The smallest absolute Gasteiger partial charge is 0.309 e. The van der Waals surface area contributed by atoms with Crippen molar-refractivity contribution in [2.24, 2.45) is 5.41 Å². The van der Waals surface area contributed by atoms with Gasteiger partial charge in [-0.15, -0.1) is 0 Å². The van der Waals surface area contributed by atoms with Gasteiger partial charge in [0, 0.05) is 12.5 Å². The first kappa shape index (κ1) is 12.7. The molecule has 5 nitrogen and oxygen atoms in total. The van der Waals surface area contributed by atoms with E-state index < -0.39 is 11.4 Å². The Labute approximate surface area is 95.5 Å². The molecule has 1 unspecified atom stereocenters. The summed E-state index contributed by atoms with van der Waals surface area (Å²) in [4.78, 5) is 15.3. The molecule has 1 heterocycles. The molecule has 0 radical (unpaired) electrons. The summed E-state index contributed by atoms with van der Waals surface area (Å²) in [6, 6.07) is 0.201. The highest BCUT2D eigenvalue weighted by molar-refractivity contribution is 5.74. The number of aromatic nitrogens is 3. The monoisotopic (exact) mass is 225 g/mol.